The predicted molar refractivity (Wildman–Crippen MR) is 71.8 cm³/mol. The van der Waals surface area contributed by atoms with E-state index in [2.05, 4.69) is 9.47 Å². The van der Waals surface area contributed by atoms with Crippen molar-refractivity contribution in [3.05, 3.63) is 0 Å². The predicted octanol–water partition coefficient (Wildman–Crippen LogP) is -0.0506. The SMILES string of the molecule is CCOC(=O)C(=O)CC(=O)CCC(=O)CC(=O)C(=O)OCC. The molecule has 0 rings (SSSR count). The number of ether oxygens (including phenoxy) is 2. The van der Waals surface area contributed by atoms with Gasteiger partial charge in [-0.25, -0.2) is 9.59 Å². The van der Waals surface area contributed by atoms with Gasteiger partial charge in [-0.05, 0) is 13.8 Å². The Morgan fingerprint density at radius 3 is 1.23 bits per heavy atom. The topological polar surface area (TPSA) is 121 Å². The summed E-state index contributed by atoms with van der Waals surface area (Å²) in [6.45, 7) is 3.08. The number of carbonyl (C=O) groups excluding carboxylic acids is 6. The third kappa shape index (κ3) is 8.03. The van der Waals surface area contributed by atoms with Crippen LogP contribution in [-0.4, -0.2) is 48.3 Å². The van der Waals surface area contributed by atoms with Crippen molar-refractivity contribution >= 4 is 35.1 Å². The van der Waals surface area contributed by atoms with Gasteiger partial charge in [0, 0.05) is 12.8 Å². The molecule has 0 amide bonds. The zero-order chi connectivity index (χ0) is 17.1. The number of hydrogen-bond acceptors (Lipinski definition) is 8. The molecule has 8 nitrogen and oxygen atoms in total. The lowest BCUT2D eigenvalue weighted by molar-refractivity contribution is -0.154. The van der Waals surface area contributed by atoms with Crippen molar-refractivity contribution in [3.8, 4) is 0 Å². The van der Waals surface area contributed by atoms with Gasteiger partial charge in [0.15, 0.2) is 0 Å². The Hall–Kier alpha value is -2.38. The highest BCUT2D eigenvalue weighted by Crippen LogP contribution is 2.02. The van der Waals surface area contributed by atoms with Gasteiger partial charge in [-0.3, -0.25) is 19.2 Å². The van der Waals surface area contributed by atoms with Gasteiger partial charge >= 0.3 is 11.9 Å². The van der Waals surface area contributed by atoms with E-state index in [4.69, 9.17) is 0 Å². The maximum atomic E-state index is 11.4. The molecule has 122 valence electrons. The number of Topliss-reactive ketones (excluding diaryl/α,β-unsaturated/α-hetero) is 4. The zero-order valence-corrected chi connectivity index (χ0v) is 12.5. The Bertz CT molecular complexity index is 433. The second-order valence-corrected chi connectivity index (χ2v) is 4.22. The molecule has 0 fully saturated rings. The molecule has 0 atom stereocenters. The normalized spacial score (nSPS) is 9.73. The molecule has 0 aromatic rings. The van der Waals surface area contributed by atoms with Crippen molar-refractivity contribution in [1.29, 1.82) is 0 Å². The van der Waals surface area contributed by atoms with E-state index in [9.17, 15) is 28.8 Å². The minimum atomic E-state index is -1.10. The monoisotopic (exact) mass is 314 g/mol. The van der Waals surface area contributed by atoms with Crippen LogP contribution in [0, 0.1) is 0 Å². The van der Waals surface area contributed by atoms with Crippen LogP contribution in [0.2, 0.25) is 0 Å². The van der Waals surface area contributed by atoms with Gasteiger partial charge in [0.1, 0.15) is 11.6 Å². The van der Waals surface area contributed by atoms with Gasteiger partial charge in [-0.2, -0.15) is 0 Å². The summed E-state index contributed by atoms with van der Waals surface area (Å²) in [6, 6.07) is 0. The summed E-state index contributed by atoms with van der Waals surface area (Å²) in [6.07, 6.45) is -1.89. The fraction of sp³-hybridized carbons (Fsp3) is 0.571. The van der Waals surface area contributed by atoms with E-state index in [1.54, 1.807) is 0 Å². The van der Waals surface area contributed by atoms with E-state index >= 15 is 0 Å². The molecule has 0 saturated heterocycles. The first-order chi connectivity index (χ1) is 10.3. The molecule has 22 heavy (non-hydrogen) atoms. The summed E-state index contributed by atoms with van der Waals surface area (Å²) in [5, 5.41) is 0. The third-order valence-electron chi connectivity index (χ3n) is 2.40. The van der Waals surface area contributed by atoms with Crippen LogP contribution in [0.1, 0.15) is 39.5 Å². The van der Waals surface area contributed by atoms with Crippen LogP contribution in [0.5, 0.6) is 0 Å². The minimum absolute atomic E-state index is 0.0211. The van der Waals surface area contributed by atoms with Gasteiger partial charge in [-0.15, -0.1) is 0 Å². The third-order valence-corrected chi connectivity index (χ3v) is 2.40. The molecule has 0 spiro atoms. The van der Waals surface area contributed by atoms with E-state index in [1.165, 1.54) is 13.8 Å². The Morgan fingerprint density at radius 2 is 0.955 bits per heavy atom. The summed E-state index contributed by atoms with van der Waals surface area (Å²) in [7, 11) is 0. The molecule has 0 aliphatic rings. The molecule has 0 aromatic heterocycles. The quantitative estimate of drug-likeness (QED) is 0.295. The standard InChI is InChI=1S/C14H18O8/c1-3-21-13(19)11(17)7-9(15)5-6-10(16)8-12(18)14(20)22-4-2/h3-8H2,1-2H3. The van der Waals surface area contributed by atoms with Crippen LogP contribution < -0.4 is 0 Å². The lowest BCUT2D eigenvalue weighted by Gasteiger charge is -2.02. The molecule has 0 aliphatic heterocycles. The first kappa shape index (κ1) is 19.6. The molecule has 0 saturated carbocycles. The maximum Gasteiger partial charge on any atom is 0.375 e. The number of ketones is 4. The van der Waals surface area contributed by atoms with Gasteiger partial charge in [0.2, 0.25) is 11.6 Å². The van der Waals surface area contributed by atoms with E-state index in [0.717, 1.165) is 0 Å². The van der Waals surface area contributed by atoms with Gasteiger partial charge in [0.05, 0.1) is 26.1 Å². The van der Waals surface area contributed by atoms with Crippen molar-refractivity contribution in [2.45, 2.75) is 39.5 Å². The maximum absolute atomic E-state index is 11.4. The van der Waals surface area contributed by atoms with Crippen molar-refractivity contribution in [2.75, 3.05) is 13.2 Å². The second kappa shape index (κ2) is 10.4. The van der Waals surface area contributed by atoms with Crippen LogP contribution >= 0.6 is 0 Å². The molecule has 8 heteroatoms. The Balaban J connectivity index is 4.12. The molecular formula is C14H18O8. The van der Waals surface area contributed by atoms with Crippen LogP contribution in [0.4, 0.5) is 0 Å². The number of esters is 2. The number of rotatable bonds is 11. The fourth-order valence-corrected chi connectivity index (χ4v) is 1.38. The lowest BCUT2D eigenvalue weighted by Crippen LogP contribution is -2.22. The average molecular weight is 314 g/mol. The summed E-state index contributed by atoms with van der Waals surface area (Å²) < 4.78 is 8.86. The fourth-order valence-electron chi connectivity index (χ4n) is 1.38. The molecule has 0 bridgehead atoms. The van der Waals surface area contributed by atoms with Crippen LogP contribution in [-0.2, 0) is 38.2 Å². The Kier molecular flexibility index (Phi) is 9.24. The highest BCUT2D eigenvalue weighted by Gasteiger charge is 2.21. The van der Waals surface area contributed by atoms with Crippen molar-refractivity contribution in [1.82, 2.24) is 0 Å². The van der Waals surface area contributed by atoms with Crippen LogP contribution in [0.3, 0.4) is 0 Å². The Labute approximate surface area is 127 Å². The molecule has 0 aromatic carbocycles. The van der Waals surface area contributed by atoms with Crippen molar-refractivity contribution < 1.29 is 38.2 Å². The number of hydrogen-bond donors (Lipinski definition) is 0. The number of carbonyl (C=O) groups is 6. The lowest BCUT2D eigenvalue weighted by atomic mass is 10.0. The van der Waals surface area contributed by atoms with Crippen LogP contribution in [0.15, 0.2) is 0 Å². The highest BCUT2D eigenvalue weighted by molar-refractivity contribution is 6.38. The van der Waals surface area contributed by atoms with E-state index in [0.29, 0.717) is 0 Å². The first-order valence-corrected chi connectivity index (χ1v) is 6.75. The zero-order valence-electron chi connectivity index (χ0n) is 12.5. The molecule has 0 radical (unpaired) electrons. The second-order valence-electron chi connectivity index (χ2n) is 4.22. The molecule has 0 aliphatic carbocycles. The van der Waals surface area contributed by atoms with Gasteiger partial charge < -0.3 is 9.47 Å². The summed E-state index contributed by atoms with van der Waals surface area (Å²) in [5.74, 6) is -5.40. The summed E-state index contributed by atoms with van der Waals surface area (Å²) in [5.41, 5.74) is 0. The molecule has 0 N–H and O–H groups in total. The minimum Gasteiger partial charge on any atom is -0.460 e. The average Bonchev–Trinajstić information content (AvgIpc) is 2.45. The van der Waals surface area contributed by atoms with E-state index in [1.807, 2.05) is 0 Å². The first-order valence-electron chi connectivity index (χ1n) is 6.75. The van der Waals surface area contributed by atoms with E-state index in [-0.39, 0.29) is 26.1 Å². The highest BCUT2D eigenvalue weighted by atomic mass is 16.5. The summed E-state index contributed by atoms with van der Waals surface area (Å²) in [4.78, 5) is 67.3. The van der Waals surface area contributed by atoms with Crippen LogP contribution in [0.25, 0.3) is 0 Å². The van der Waals surface area contributed by atoms with Crippen molar-refractivity contribution in [2.24, 2.45) is 0 Å². The summed E-state index contributed by atoms with van der Waals surface area (Å²) >= 11 is 0. The smallest absolute Gasteiger partial charge is 0.375 e. The largest absolute Gasteiger partial charge is 0.460 e. The Morgan fingerprint density at radius 1 is 0.636 bits per heavy atom. The van der Waals surface area contributed by atoms with E-state index < -0.39 is 47.9 Å². The molecule has 0 unspecified atom stereocenters. The van der Waals surface area contributed by atoms with Gasteiger partial charge in [-0.1, -0.05) is 0 Å². The van der Waals surface area contributed by atoms with Crippen molar-refractivity contribution in [3.63, 3.8) is 0 Å². The molecule has 0 heterocycles. The van der Waals surface area contributed by atoms with Gasteiger partial charge in [0.25, 0.3) is 0 Å². The molecular weight excluding hydrogens is 296 g/mol.